The van der Waals surface area contributed by atoms with E-state index in [1.54, 1.807) is 32.0 Å². The predicted molar refractivity (Wildman–Crippen MR) is 140 cm³/mol. The summed E-state index contributed by atoms with van der Waals surface area (Å²) in [5.41, 5.74) is 2.09. The number of amides is 2. The first kappa shape index (κ1) is 27.9. The van der Waals surface area contributed by atoms with E-state index in [4.69, 9.17) is 0 Å². The minimum absolute atomic E-state index is 0.190. The molecule has 10 heteroatoms. The van der Waals surface area contributed by atoms with Crippen LogP contribution in [0.1, 0.15) is 72.3 Å². The lowest BCUT2D eigenvalue weighted by Gasteiger charge is -2.21. The molecule has 0 spiro atoms. The Kier molecular flexibility index (Phi) is 10.2. The number of aromatic nitrogens is 2. The van der Waals surface area contributed by atoms with Crippen LogP contribution in [-0.4, -0.2) is 57.1 Å². The van der Waals surface area contributed by atoms with E-state index >= 15 is 0 Å². The molecule has 1 aromatic carbocycles. The molecule has 0 bridgehead atoms. The zero-order valence-electron chi connectivity index (χ0n) is 21.5. The second kappa shape index (κ2) is 13.6. The Labute approximate surface area is 217 Å². The van der Waals surface area contributed by atoms with Gasteiger partial charge in [-0.2, -0.15) is 0 Å². The smallest absolute Gasteiger partial charge is 0.328 e. The molecule has 3 rings (SSSR count). The van der Waals surface area contributed by atoms with Crippen LogP contribution in [0.3, 0.4) is 0 Å². The Morgan fingerprint density at radius 2 is 1.78 bits per heavy atom. The van der Waals surface area contributed by atoms with Crippen LogP contribution in [0.25, 0.3) is 0 Å². The molecule has 1 unspecified atom stereocenters. The molecule has 1 heterocycles. The number of anilines is 1. The van der Waals surface area contributed by atoms with Crippen LogP contribution in [-0.2, 0) is 16.0 Å². The normalized spacial score (nSPS) is 14.5. The lowest BCUT2D eigenvalue weighted by Crippen LogP contribution is -2.49. The van der Waals surface area contributed by atoms with E-state index in [1.165, 1.54) is 6.42 Å². The molecule has 2 amide bonds. The molecule has 0 saturated heterocycles. The number of aryl methyl sites for hydroxylation is 3. The third-order valence-corrected chi connectivity index (χ3v) is 6.64. The maximum absolute atomic E-state index is 12.9. The summed E-state index contributed by atoms with van der Waals surface area (Å²) in [6.07, 6.45) is 7.44. The van der Waals surface area contributed by atoms with E-state index in [0.29, 0.717) is 36.2 Å². The molecule has 5 N–H and O–H groups in total. The van der Waals surface area contributed by atoms with E-state index in [9.17, 15) is 24.6 Å². The van der Waals surface area contributed by atoms with E-state index in [2.05, 4.69) is 25.9 Å². The van der Waals surface area contributed by atoms with Crippen molar-refractivity contribution < 1.29 is 24.6 Å². The summed E-state index contributed by atoms with van der Waals surface area (Å²) >= 11 is 0. The van der Waals surface area contributed by atoms with Crippen molar-refractivity contribution in [3.05, 3.63) is 46.8 Å². The monoisotopic (exact) mass is 511 g/mol. The van der Waals surface area contributed by atoms with Gasteiger partial charge in [0.15, 0.2) is 0 Å². The average Bonchev–Trinajstić information content (AvgIpc) is 2.84. The van der Waals surface area contributed by atoms with Gasteiger partial charge in [-0.25, -0.2) is 14.8 Å². The van der Waals surface area contributed by atoms with Gasteiger partial charge in [-0.05, 0) is 63.1 Å². The Balaban J connectivity index is 1.51. The summed E-state index contributed by atoms with van der Waals surface area (Å²) < 4.78 is 0. The summed E-state index contributed by atoms with van der Waals surface area (Å²) in [4.78, 5) is 45.7. The highest BCUT2D eigenvalue weighted by Crippen LogP contribution is 2.26. The SMILES string of the molecule is Cc1nc(NCCCc2cccc(O)c2)nc(C)c1C(=O)NC(CNC(=O)CC1CCCCC1)C(=O)O. The molecule has 1 aliphatic rings. The van der Waals surface area contributed by atoms with Gasteiger partial charge in [0, 0.05) is 19.5 Å². The highest BCUT2D eigenvalue weighted by Gasteiger charge is 2.25. The van der Waals surface area contributed by atoms with Crippen LogP contribution >= 0.6 is 0 Å². The number of carboxylic acid groups (broad SMARTS) is 1. The third kappa shape index (κ3) is 8.73. The van der Waals surface area contributed by atoms with Crippen molar-refractivity contribution in [2.45, 2.75) is 71.3 Å². The summed E-state index contributed by atoms with van der Waals surface area (Å²) in [5.74, 6) is -1.06. The number of phenolic OH excluding ortho intramolecular Hbond substituents is 1. The van der Waals surface area contributed by atoms with Gasteiger partial charge in [0.25, 0.3) is 5.91 Å². The number of rotatable bonds is 12. The molecule has 1 fully saturated rings. The van der Waals surface area contributed by atoms with Gasteiger partial charge in [0.2, 0.25) is 11.9 Å². The Hall–Kier alpha value is -3.69. The highest BCUT2D eigenvalue weighted by molar-refractivity contribution is 5.98. The minimum Gasteiger partial charge on any atom is -0.508 e. The largest absolute Gasteiger partial charge is 0.508 e. The molecule has 0 radical (unpaired) electrons. The zero-order valence-corrected chi connectivity index (χ0v) is 21.5. The summed E-state index contributed by atoms with van der Waals surface area (Å²) in [7, 11) is 0. The Morgan fingerprint density at radius 1 is 1.08 bits per heavy atom. The van der Waals surface area contributed by atoms with E-state index in [1.807, 2.05) is 6.07 Å². The molecule has 200 valence electrons. The zero-order chi connectivity index (χ0) is 26.8. The number of carbonyl (C=O) groups excluding carboxylic acids is 2. The molecule has 10 nitrogen and oxygen atoms in total. The number of aromatic hydroxyl groups is 1. The second-order valence-electron chi connectivity index (χ2n) is 9.67. The molecular weight excluding hydrogens is 474 g/mol. The summed E-state index contributed by atoms with van der Waals surface area (Å²) in [6, 6.07) is 5.84. The number of phenols is 1. The molecule has 1 aromatic heterocycles. The van der Waals surface area contributed by atoms with Crippen molar-refractivity contribution in [2.24, 2.45) is 5.92 Å². The topological polar surface area (TPSA) is 154 Å². The van der Waals surface area contributed by atoms with Crippen molar-refractivity contribution in [3.63, 3.8) is 0 Å². The number of carboxylic acids is 1. The van der Waals surface area contributed by atoms with Gasteiger partial charge in [-0.3, -0.25) is 9.59 Å². The van der Waals surface area contributed by atoms with E-state index in [-0.39, 0.29) is 23.8 Å². The van der Waals surface area contributed by atoms with Gasteiger partial charge in [-0.15, -0.1) is 0 Å². The van der Waals surface area contributed by atoms with Crippen LogP contribution in [0, 0.1) is 19.8 Å². The predicted octanol–water partition coefficient (Wildman–Crippen LogP) is 3.11. The molecule has 1 aliphatic carbocycles. The van der Waals surface area contributed by atoms with Crippen LogP contribution in [0.15, 0.2) is 24.3 Å². The van der Waals surface area contributed by atoms with Gasteiger partial charge < -0.3 is 26.2 Å². The Bertz CT molecular complexity index is 1080. The van der Waals surface area contributed by atoms with Crippen LogP contribution in [0.2, 0.25) is 0 Å². The van der Waals surface area contributed by atoms with E-state index < -0.39 is 17.9 Å². The third-order valence-electron chi connectivity index (χ3n) is 6.64. The molecule has 1 atom stereocenters. The first-order valence-electron chi connectivity index (χ1n) is 12.9. The van der Waals surface area contributed by atoms with Gasteiger partial charge in [0.05, 0.1) is 17.0 Å². The number of aliphatic carboxylic acids is 1. The number of nitrogens with zero attached hydrogens (tertiary/aromatic N) is 2. The van der Waals surface area contributed by atoms with Crippen LogP contribution in [0.4, 0.5) is 5.95 Å². The minimum atomic E-state index is -1.27. The number of benzene rings is 1. The average molecular weight is 512 g/mol. The molecule has 2 aromatic rings. The maximum atomic E-state index is 12.9. The van der Waals surface area contributed by atoms with Crippen molar-refractivity contribution in [2.75, 3.05) is 18.4 Å². The molecular formula is C27H37N5O5. The highest BCUT2D eigenvalue weighted by atomic mass is 16.4. The van der Waals surface area contributed by atoms with Gasteiger partial charge in [-0.1, -0.05) is 31.4 Å². The molecule has 0 aliphatic heterocycles. The number of hydrogen-bond acceptors (Lipinski definition) is 7. The number of nitrogens with one attached hydrogen (secondary N) is 3. The summed E-state index contributed by atoms with van der Waals surface area (Å²) in [6.45, 7) is 3.75. The fourth-order valence-corrected chi connectivity index (χ4v) is 4.70. The fourth-order valence-electron chi connectivity index (χ4n) is 4.70. The number of carbonyl (C=O) groups is 3. The fraction of sp³-hybridized carbons (Fsp3) is 0.519. The lowest BCUT2D eigenvalue weighted by atomic mass is 9.87. The first-order valence-corrected chi connectivity index (χ1v) is 12.9. The molecule has 1 saturated carbocycles. The van der Waals surface area contributed by atoms with Gasteiger partial charge >= 0.3 is 5.97 Å². The van der Waals surface area contributed by atoms with Crippen molar-refractivity contribution in [3.8, 4) is 5.75 Å². The van der Waals surface area contributed by atoms with Crippen LogP contribution < -0.4 is 16.0 Å². The second-order valence-corrected chi connectivity index (χ2v) is 9.67. The quantitative estimate of drug-likeness (QED) is 0.272. The standard InChI is InChI=1S/C27H37N5O5/c1-17-24(18(2)31-27(30-17)28-13-7-11-19-10-6-12-21(33)14-19)25(35)32-22(26(36)37)16-29-23(34)15-20-8-4-3-5-9-20/h6,10,12,14,20,22,33H,3-5,7-9,11,13,15-16H2,1-2H3,(H,29,34)(H,32,35)(H,36,37)(H,28,30,31). The Morgan fingerprint density at radius 3 is 2.43 bits per heavy atom. The summed E-state index contributed by atoms with van der Waals surface area (Å²) in [5, 5.41) is 27.4. The van der Waals surface area contributed by atoms with Crippen molar-refractivity contribution >= 4 is 23.7 Å². The van der Waals surface area contributed by atoms with E-state index in [0.717, 1.165) is 44.1 Å². The number of hydrogen-bond donors (Lipinski definition) is 5. The molecule has 37 heavy (non-hydrogen) atoms. The first-order chi connectivity index (χ1) is 17.7. The lowest BCUT2D eigenvalue weighted by molar-refractivity contribution is -0.139. The van der Waals surface area contributed by atoms with Gasteiger partial charge in [0.1, 0.15) is 11.8 Å². The van der Waals surface area contributed by atoms with Crippen molar-refractivity contribution in [1.29, 1.82) is 0 Å². The van der Waals surface area contributed by atoms with Crippen molar-refractivity contribution in [1.82, 2.24) is 20.6 Å². The van der Waals surface area contributed by atoms with Crippen LogP contribution in [0.5, 0.6) is 5.75 Å². The maximum Gasteiger partial charge on any atom is 0.328 e.